The highest BCUT2D eigenvalue weighted by Crippen LogP contribution is 2.29. The largest absolute Gasteiger partial charge is 0.464 e. The van der Waals surface area contributed by atoms with Gasteiger partial charge in [-0.3, -0.25) is 9.59 Å². The van der Waals surface area contributed by atoms with Crippen LogP contribution in [0.2, 0.25) is 0 Å². The first-order valence-corrected chi connectivity index (χ1v) is 13.0. The van der Waals surface area contributed by atoms with Crippen LogP contribution in [0.5, 0.6) is 0 Å². The molecule has 1 aromatic carbocycles. The molecule has 5 rings (SSSR count). The fourth-order valence-corrected chi connectivity index (χ4v) is 5.16. The number of rotatable bonds is 9. The molecule has 0 unspecified atom stereocenters. The number of furan rings is 1. The van der Waals surface area contributed by atoms with Gasteiger partial charge in [0.15, 0.2) is 6.04 Å². The minimum atomic E-state index is -0.932. The Morgan fingerprint density at radius 1 is 1.11 bits per heavy atom. The van der Waals surface area contributed by atoms with E-state index in [0.717, 1.165) is 29.0 Å². The Labute approximate surface area is 214 Å². The Morgan fingerprint density at radius 3 is 2.67 bits per heavy atom. The van der Waals surface area contributed by atoms with Crippen LogP contribution in [0.4, 0.5) is 0 Å². The first-order valence-electron chi connectivity index (χ1n) is 12.1. The van der Waals surface area contributed by atoms with Gasteiger partial charge in [0.25, 0.3) is 11.8 Å². The minimum absolute atomic E-state index is 0.00813. The topological polar surface area (TPSA) is 87.6 Å². The lowest BCUT2D eigenvalue weighted by Crippen LogP contribution is -2.45. The van der Waals surface area contributed by atoms with Crippen LogP contribution in [0, 0.1) is 6.92 Å². The van der Waals surface area contributed by atoms with E-state index in [0.29, 0.717) is 30.4 Å². The van der Waals surface area contributed by atoms with Gasteiger partial charge in [-0.25, -0.2) is 0 Å². The van der Waals surface area contributed by atoms with Gasteiger partial charge in [-0.05, 0) is 61.0 Å². The second-order valence-corrected chi connectivity index (χ2v) is 9.93. The molecule has 1 fully saturated rings. The maximum absolute atomic E-state index is 14.0. The number of aromatic nitrogens is 1. The molecule has 186 valence electrons. The number of carbonyl (C=O) groups is 2. The average molecular weight is 504 g/mol. The van der Waals surface area contributed by atoms with Gasteiger partial charge in [0.2, 0.25) is 0 Å². The molecule has 0 saturated carbocycles. The molecule has 4 aromatic rings. The average Bonchev–Trinajstić information content (AvgIpc) is 3.71. The predicted octanol–water partition coefficient (Wildman–Crippen LogP) is 5.32. The van der Waals surface area contributed by atoms with E-state index in [9.17, 15) is 9.59 Å². The van der Waals surface area contributed by atoms with Crippen molar-refractivity contribution in [3.63, 3.8) is 0 Å². The molecule has 0 aliphatic carbocycles. The van der Waals surface area contributed by atoms with Gasteiger partial charge in [0, 0.05) is 23.7 Å². The Hall–Kier alpha value is -3.62. The molecule has 1 aliphatic rings. The van der Waals surface area contributed by atoms with E-state index in [1.807, 2.05) is 66.9 Å². The summed E-state index contributed by atoms with van der Waals surface area (Å²) < 4.78 is 11.6. The van der Waals surface area contributed by atoms with Crippen molar-refractivity contribution in [2.75, 3.05) is 13.2 Å². The van der Waals surface area contributed by atoms with E-state index in [4.69, 9.17) is 9.15 Å². The van der Waals surface area contributed by atoms with Gasteiger partial charge in [0.1, 0.15) is 17.2 Å². The van der Waals surface area contributed by atoms with Gasteiger partial charge in [-0.15, -0.1) is 11.3 Å². The molecular weight excluding hydrogens is 474 g/mol. The Bertz CT molecular complexity index is 1290. The number of nitrogens with zero attached hydrogens (tertiary/aromatic N) is 1. The van der Waals surface area contributed by atoms with Crippen LogP contribution < -0.4 is 5.32 Å². The highest BCUT2D eigenvalue weighted by atomic mass is 32.1. The fourth-order valence-electron chi connectivity index (χ4n) is 4.45. The minimum Gasteiger partial charge on any atom is -0.464 e. The summed E-state index contributed by atoms with van der Waals surface area (Å²) in [6.07, 6.45) is 1.89. The molecule has 2 N–H and O–H groups in total. The first kappa shape index (κ1) is 24.1. The number of hydrogen-bond donors (Lipinski definition) is 2. The van der Waals surface area contributed by atoms with Crippen LogP contribution in [-0.4, -0.2) is 41.0 Å². The number of aryl methyl sites for hydroxylation is 1. The summed E-state index contributed by atoms with van der Waals surface area (Å²) in [7, 11) is 0. The smallest absolute Gasteiger partial charge is 0.271 e. The van der Waals surface area contributed by atoms with Crippen molar-refractivity contribution in [3.8, 4) is 11.3 Å². The molecule has 2 atom stereocenters. The summed E-state index contributed by atoms with van der Waals surface area (Å²) in [5.74, 6) is 0.533. The van der Waals surface area contributed by atoms with Crippen molar-refractivity contribution >= 4 is 23.2 Å². The molecule has 1 aliphatic heterocycles. The van der Waals surface area contributed by atoms with Crippen LogP contribution >= 0.6 is 11.3 Å². The maximum atomic E-state index is 14.0. The summed E-state index contributed by atoms with van der Waals surface area (Å²) >= 11 is 1.54. The SMILES string of the molecule is Cc1ccc([C@@H](C(=O)NC[C@@H]2CCCO2)N(Cc2cccs2)C(=O)c2ccc(-c3ccccc3)[nH]2)o1. The molecule has 0 spiro atoms. The number of aromatic amines is 1. The van der Waals surface area contributed by atoms with E-state index < -0.39 is 6.04 Å². The van der Waals surface area contributed by atoms with E-state index in [1.54, 1.807) is 28.4 Å². The summed E-state index contributed by atoms with van der Waals surface area (Å²) in [6.45, 7) is 3.21. The second-order valence-electron chi connectivity index (χ2n) is 8.90. The third-order valence-electron chi connectivity index (χ3n) is 6.29. The number of carbonyl (C=O) groups excluding carboxylic acids is 2. The normalized spacial score (nSPS) is 16.1. The van der Waals surface area contributed by atoms with Crippen LogP contribution in [-0.2, 0) is 16.1 Å². The lowest BCUT2D eigenvalue weighted by molar-refractivity contribution is -0.127. The van der Waals surface area contributed by atoms with Gasteiger partial charge in [0.05, 0.1) is 12.6 Å². The molecule has 0 radical (unpaired) electrons. The first-order chi connectivity index (χ1) is 17.6. The number of H-pyrrole nitrogens is 1. The Balaban J connectivity index is 1.47. The predicted molar refractivity (Wildman–Crippen MR) is 139 cm³/mol. The molecule has 1 saturated heterocycles. The third kappa shape index (κ3) is 5.45. The molecule has 8 heteroatoms. The third-order valence-corrected chi connectivity index (χ3v) is 7.15. The number of benzene rings is 1. The molecule has 0 bridgehead atoms. The fraction of sp³-hybridized carbons (Fsp3) is 0.286. The van der Waals surface area contributed by atoms with Crippen molar-refractivity contribution in [1.82, 2.24) is 15.2 Å². The van der Waals surface area contributed by atoms with Crippen LogP contribution in [0.1, 0.15) is 45.8 Å². The van der Waals surface area contributed by atoms with Gasteiger partial charge < -0.3 is 24.4 Å². The second kappa shape index (κ2) is 11.0. The summed E-state index contributed by atoms with van der Waals surface area (Å²) in [5.41, 5.74) is 2.22. The molecule has 2 amide bonds. The van der Waals surface area contributed by atoms with Crippen LogP contribution in [0.25, 0.3) is 11.3 Å². The molecular formula is C28H29N3O4S. The number of nitrogens with one attached hydrogen (secondary N) is 2. The lowest BCUT2D eigenvalue weighted by Gasteiger charge is -2.29. The monoisotopic (exact) mass is 503 g/mol. The summed E-state index contributed by atoms with van der Waals surface area (Å²) in [4.78, 5) is 33.4. The molecule has 36 heavy (non-hydrogen) atoms. The van der Waals surface area contributed by atoms with Crippen molar-refractivity contribution in [2.45, 2.75) is 38.5 Å². The number of hydrogen-bond acceptors (Lipinski definition) is 5. The van der Waals surface area contributed by atoms with Crippen molar-refractivity contribution in [2.24, 2.45) is 0 Å². The van der Waals surface area contributed by atoms with E-state index in [1.165, 1.54) is 0 Å². The standard InChI is InChI=1S/C28H29N3O4S/c1-19-11-14-25(35-19)26(27(32)29-17-21-9-5-15-34-21)31(18-22-10-6-16-36-22)28(33)24-13-12-23(30-24)20-7-3-2-4-8-20/h2-4,6-8,10-14,16,21,26,30H,5,9,15,17-18H2,1H3,(H,29,32)/t21-,26-/m0/s1. The summed E-state index contributed by atoms with van der Waals surface area (Å²) in [5, 5.41) is 4.97. The van der Waals surface area contributed by atoms with Gasteiger partial charge >= 0.3 is 0 Å². The Kier molecular flexibility index (Phi) is 7.34. The quantitative estimate of drug-likeness (QED) is 0.323. The van der Waals surface area contributed by atoms with Crippen molar-refractivity contribution in [1.29, 1.82) is 0 Å². The van der Waals surface area contributed by atoms with Crippen LogP contribution in [0.3, 0.4) is 0 Å². The number of amides is 2. The van der Waals surface area contributed by atoms with Crippen LogP contribution in [0.15, 0.2) is 76.5 Å². The zero-order valence-corrected chi connectivity index (χ0v) is 20.9. The van der Waals surface area contributed by atoms with E-state index in [2.05, 4.69) is 10.3 Å². The zero-order chi connectivity index (χ0) is 24.9. The summed E-state index contributed by atoms with van der Waals surface area (Å²) in [6, 6.07) is 20.0. The van der Waals surface area contributed by atoms with E-state index in [-0.39, 0.29) is 24.5 Å². The number of thiophene rings is 1. The van der Waals surface area contributed by atoms with E-state index >= 15 is 0 Å². The van der Waals surface area contributed by atoms with Gasteiger partial charge in [-0.2, -0.15) is 0 Å². The van der Waals surface area contributed by atoms with Gasteiger partial charge in [-0.1, -0.05) is 36.4 Å². The molecule has 4 heterocycles. The number of ether oxygens (including phenoxy) is 1. The van der Waals surface area contributed by atoms with Crippen molar-refractivity contribution < 1.29 is 18.7 Å². The zero-order valence-electron chi connectivity index (χ0n) is 20.1. The maximum Gasteiger partial charge on any atom is 0.271 e. The Morgan fingerprint density at radius 2 is 1.97 bits per heavy atom. The highest BCUT2D eigenvalue weighted by Gasteiger charge is 2.35. The molecule has 7 nitrogen and oxygen atoms in total. The highest BCUT2D eigenvalue weighted by molar-refractivity contribution is 7.09. The lowest BCUT2D eigenvalue weighted by atomic mass is 10.1. The van der Waals surface area contributed by atoms with Crippen molar-refractivity contribution in [3.05, 3.63) is 94.2 Å². The molecule has 3 aromatic heterocycles.